The molecule has 7 nitrogen and oxygen atoms in total. The first-order valence-electron chi connectivity index (χ1n) is 7.07. The van der Waals surface area contributed by atoms with Crippen LogP contribution in [0.1, 0.15) is 19.3 Å². The average molecular weight is 286 g/mol. The van der Waals surface area contributed by atoms with Gasteiger partial charge >= 0.3 is 5.97 Å². The van der Waals surface area contributed by atoms with E-state index in [-0.39, 0.29) is 31.1 Å². The Bertz CT molecular complexity index is 344. The summed E-state index contributed by atoms with van der Waals surface area (Å²) in [7, 11) is 0. The Balaban J connectivity index is 1.66. The van der Waals surface area contributed by atoms with E-state index in [2.05, 4.69) is 5.32 Å². The van der Waals surface area contributed by atoms with E-state index in [1.54, 1.807) is 0 Å². The minimum Gasteiger partial charge on any atom is -0.481 e. The second kappa shape index (κ2) is 7.56. The van der Waals surface area contributed by atoms with Gasteiger partial charge in [-0.05, 0) is 12.8 Å². The fourth-order valence-electron chi connectivity index (χ4n) is 2.53. The number of hydrogen-bond donors (Lipinski definition) is 2. The lowest BCUT2D eigenvalue weighted by Gasteiger charge is -2.31. The molecule has 2 aliphatic heterocycles. The van der Waals surface area contributed by atoms with Gasteiger partial charge in [0.2, 0.25) is 5.91 Å². The highest BCUT2D eigenvalue weighted by molar-refractivity contribution is 5.78. The zero-order valence-electron chi connectivity index (χ0n) is 11.5. The average Bonchev–Trinajstić information content (AvgIpc) is 2.89. The molecule has 0 spiro atoms. The van der Waals surface area contributed by atoms with E-state index in [1.165, 1.54) is 0 Å². The molecular weight excluding hydrogens is 264 g/mol. The molecule has 114 valence electrons. The van der Waals surface area contributed by atoms with Gasteiger partial charge in [0.15, 0.2) is 0 Å². The molecule has 2 rings (SSSR count). The van der Waals surface area contributed by atoms with Gasteiger partial charge in [-0.25, -0.2) is 0 Å². The number of rotatable bonds is 6. The highest BCUT2D eigenvalue weighted by atomic mass is 16.5. The molecular formula is C13H22N2O5. The predicted molar refractivity (Wildman–Crippen MR) is 70.4 cm³/mol. The van der Waals surface area contributed by atoms with Gasteiger partial charge in [-0.1, -0.05) is 0 Å². The van der Waals surface area contributed by atoms with E-state index in [0.29, 0.717) is 26.2 Å². The monoisotopic (exact) mass is 286 g/mol. The fraction of sp³-hybridized carbons (Fsp3) is 0.846. The third-order valence-electron chi connectivity index (χ3n) is 3.54. The van der Waals surface area contributed by atoms with Crippen molar-refractivity contribution in [3.05, 3.63) is 0 Å². The van der Waals surface area contributed by atoms with Gasteiger partial charge in [-0.2, -0.15) is 0 Å². The van der Waals surface area contributed by atoms with Crippen LogP contribution in [0.15, 0.2) is 0 Å². The van der Waals surface area contributed by atoms with E-state index in [1.807, 2.05) is 4.90 Å². The molecule has 0 aliphatic carbocycles. The molecule has 2 atom stereocenters. The summed E-state index contributed by atoms with van der Waals surface area (Å²) in [4.78, 5) is 24.4. The van der Waals surface area contributed by atoms with Crippen molar-refractivity contribution in [2.75, 3.05) is 39.4 Å². The van der Waals surface area contributed by atoms with Crippen molar-refractivity contribution in [1.29, 1.82) is 0 Å². The van der Waals surface area contributed by atoms with Gasteiger partial charge in [0.25, 0.3) is 0 Å². The Morgan fingerprint density at radius 2 is 2.05 bits per heavy atom. The van der Waals surface area contributed by atoms with E-state index >= 15 is 0 Å². The molecule has 2 saturated heterocycles. The first-order valence-corrected chi connectivity index (χ1v) is 7.07. The first-order chi connectivity index (χ1) is 9.63. The molecule has 0 aromatic rings. The summed E-state index contributed by atoms with van der Waals surface area (Å²) in [6, 6.07) is 0. The number of amides is 1. The second-order valence-electron chi connectivity index (χ2n) is 5.26. The highest BCUT2D eigenvalue weighted by Crippen LogP contribution is 2.11. The van der Waals surface area contributed by atoms with Crippen molar-refractivity contribution in [2.45, 2.75) is 31.5 Å². The van der Waals surface area contributed by atoms with E-state index in [9.17, 15) is 9.59 Å². The molecule has 7 heteroatoms. The number of carbonyl (C=O) groups is 2. The van der Waals surface area contributed by atoms with Crippen LogP contribution in [-0.4, -0.2) is 73.5 Å². The Morgan fingerprint density at radius 3 is 2.75 bits per heavy atom. The molecule has 2 heterocycles. The summed E-state index contributed by atoms with van der Waals surface area (Å²) in [5.74, 6) is -0.920. The largest absolute Gasteiger partial charge is 0.481 e. The Hall–Kier alpha value is -1.18. The second-order valence-corrected chi connectivity index (χ2v) is 5.26. The van der Waals surface area contributed by atoms with Gasteiger partial charge in [-0.3, -0.25) is 14.5 Å². The summed E-state index contributed by atoms with van der Waals surface area (Å²) in [6.45, 7) is 3.23. The van der Waals surface area contributed by atoms with Crippen LogP contribution in [0, 0.1) is 0 Å². The number of carboxylic acids is 1. The number of carboxylic acid groups (broad SMARTS) is 1. The number of aliphatic carboxylic acids is 1. The van der Waals surface area contributed by atoms with Crippen LogP contribution in [0.5, 0.6) is 0 Å². The maximum atomic E-state index is 11.8. The molecule has 0 aromatic carbocycles. The van der Waals surface area contributed by atoms with E-state index in [0.717, 1.165) is 19.4 Å². The topological polar surface area (TPSA) is 88.1 Å². The molecule has 2 fully saturated rings. The maximum absolute atomic E-state index is 11.8. The van der Waals surface area contributed by atoms with Crippen LogP contribution < -0.4 is 5.32 Å². The number of nitrogens with one attached hydrogen (secondary N) is 1. The number of hydrogen-bond acceptors (Lipinski definition) is 5. The summed E-state index contributed by atoms with van der Waals surface area (Å²) in [5.41, 5.74) is 0. The lowest BCUT2D eigenvalue weighted by Crippen LogP contribution is -2.48. The van der Waals surface area contributed by atoms with Gasteiger partial charge in [0, 0.05) is 26.2 Å². The molecule has 0 radical (unpaired) electrons. The number of ether oxygens (including phenoxy) is 2. The van der Waals surface area contributed by atoms with Crippen LogP contribution in [0.25, 0.3) is 0 Å². The van der Waals surface area contributed by atoms with Gasteiger partial charge < -0.3 is 19.9 Å². The summed E-state index contributed by atoms with van der Waals surface area (Å²) >= 11 is 0. The minimum atomic E-state index is -0.875. The van der Waals surface area contributed by atoms with E-state index < -0.39 is 5.97 Å². The third-order valence-corrected chi connectivity index (χ3v) is 3.54. The molecule has 0 bridgehead atoms. The van der Waals surface area contributed by atoms with Crippen molar-refractivity contribution in [3.63, 3.8) is 0 Å². The van der Waals surface area contributed by atoms with Gasteiger partial charge in [-0.15, -0.1) is 0 Å². The maximum Gasteiger partial charge on any atom is 0.306 e. The quantitative estimate of drug-likeness (QED) is 0.681. The van der Waals surface area contributed by atoms with Crippen LogP contribution in [0.4, 0.5) is 0 Å². The normalized spacial score (nSPS) is 27.4. The number of nitrogens with zero attached hydrogens (tertiary/aromatic N) is 1. The van der Waals surface area contributed by atoms with Crippen LogP contribution >= 0.6 is 0 Å². The lowest BCUT2D eigenvalue weighted by molar-refractivity contribution is -0.142. The Labute approximate surface area is 118 Å². The standard InChI is InChI=1S/C13H22N2O5/c16-12(14-7-10-2-1-4-19-10)9-15-3-5-20-11(8-15)6-13(17)18/h10-11H,1-9H2,(H,14,16)(H,17,18). The molecule has 1 amide bonds. The SMILES string of the molecule is O=C(O)CC1CN(CC(=O)NCC2CCCO2)CCO1. The summed E-state index contributed by atoms with van der Waals surface area (Å²) in [5, 5.41) is 11.6. The van der Waals surface area contributed by atoms with E-state index in [4.69, 9.17) is 14.6 Å². The van der Waals surface area contributed by atoms with Gasteiger partial charge in [0.1, 0.15) is 0 Å². The summed E-state index contributed by atoms with van der Waals surface area (Å²) in [6.07, 6.45) is 1.85. The summed E-state index contributed by atoms with van der Waals surface area (Å²) < 4.78 is 10.8. The molecule has 0 aromatic heterocycles. The number of morpholine rings is 1. The molecule has 0 saturated carbocycles. The van der Waals surface area contributed by atoms with Crippen molar-refractivity contribution >= 4 is 11.9 Å². The smallest absolute Gasteiger partial charge is 0.306 e. The molecule has 2 unspecified atom stereocenters. The zero-order valence-corrected chi connectivity index (χ0v) is 11.5. The zero-order chi connectivity index (χ0) is 14.4. The number of carbonyl (C=O) groups excluding carboxylic acids is 1. The van der Waals surface area contributed by atoms with Crippen molar-refractivity contribution in [3.8, 4) is 0 Å². The first kappa shape index (κ1) is 15.2. The molecule has 20 heavy (non-hydrogen) atoms. The predicted octanol–water partition coefficient (Wildman–Crippen LogP) is -0.543. The Morgan fingerprint density at radius 1 is 1.25 bits per heavy atom. The van der Waals surface area contributed by atoms with Crippen LogP contribution in [0.2, 0.25) is 0 Å². The lowest BCUT2D eigenvalue weighted by atomic mass is 10.2. The fourth-order valence-corrected chi connectivity index (χ4v) is 2.53. The molecule has 2 N–H and O–H groups in total. The van der Waals surface area contributed by atoms with Crippen molar-refractivity contribution in [2.24, 2.45) is 0 Å². The van der Waals surface area contributed by atoms with Gasteiger partial charge in [0.05, 0.1) is 31.8 Å². The minimum absolute atomic E-state index is 0.0198. The third kappa shape index (κ3) is 5.07. The van der Waals surface area contributed by atoms with Crippen LogP contribution in [-0.2, 0) is 19.1 Å². The van der Waals surface area contributed by atoms with Crippen molar-refractivity contribution in [1.82, 2.24) is 10.2 Å². The van der Waals surface area contributed by atoms with Crippen molar-refractivity contribution < 1.29 is 24.2 Å². The van der Waals surface area contributed by atoms with Crippen LogP contribution in [0.3, 0.4) is 0 Å². The highest BCUT2D eigenvalue weighted by Gasteiger charge is 2.24. The molecule has 2 aliphatic rings. The Kier molecular flexibility index (Phi) is 5.75.